The number of hydrogen-bond acceptors (Lipinski definition) is 2. The van der Waals surface area contributed by atoms with Gasteiger partial charge in [-0.05, 0) is 26.7 Å². The number of piperidine rings is 1. The van der Waals surface area contributed by atoms with Gasteiger partial charge in [-0.1, -0.05) is 6.42 Å². The Morgan fingerprint density at radius 1 is 1.15 bits per heavy atom. The van der Waals surface area contributed by atoms with Crippen LogP contribution in [0.15, 0.2) is 0 Å². The predicted octanol–water partition coefficient (Wildman–Crippen LogP) is 0.715. The molecule has 1 rings (SSSR count). The van der Waals surface area contributed by atoms with Crippen LogP contribution in [-0.2, 0) is 10.2 Å². The van der Waals surface area contributed by atoms with Gasteiger partial charge in [0.2, 0.25) is 0 Å². The lowest BCUT2D eigenvalue weighted by Crippen LogP contribution is -2.45. The fourth-order valence-electron chi connectivity index (χ4n) is 1.48. The Bertz CT molecular complexity index is 243. The second-order valence-electron chi connectivity index (χ2n) is 3.74. The quantitative estimate of drug-likeness (QED) is 0.739. The molecule has 0 aromatic rings. The standard InChI is InChI=1S/C8H18N2O2S/c1-8(2)9-13(11,12)10-6-4-3-5-7-10/h8-9H,3-7H2,1-2H3. The first-order valence-corrected chi connectivity index (χ1v) is 6.24. The minimum absolute atomic E-state index is 0.0214. The van der Waals surface area contributed by atoms with Crippen LogP contribution in [-0.4, -0.2) is 31.9 Å². The minimum atomic E-state index is -3.20. The molecule has 1 N–H and O–H groups in total. The number of rotatable bonds is 3. The minimum Gasteiger partial charge on any atom is -0.200 e. The lowest BCUT2D eigenvalue weighted by molar-refractivity contribution is 0.340. The fourth-order valence-corrected chi connectivity index (χ4v) is 2.96. The first-order chi connectivity index (χ1) is 6.02. The summed E-state index contributed by atoms with van der Waals surface area (Å²) in [5, 5.41) is 0. The Morgan fingerprint density at radius 3 is 2.15 bits per heavy atom. The number of nitrogens with zero attached hydrogens (tertiary/aromatic N) is 1. The Morgan fingerprint density at radius 2 is 1.69 bits per heavy atom. The molecule has 13 heavy (non-hydrogen) atoms. The molecule has 5 heteroatoms. The van der Waals surface area contributed by atoms with Crippen LogP contribution in [0, 0.1) is 0 Å². The summed E-state index contributed by atoms with van der Waals surface area (Å²) in [5.41, 5.74) is 0. The Balaban J connectivity index is 2.57. The summed E-state index contributed by atoms with van der Waals surface area (Å²) in [4.78, 5) is 0. The van der Waals surface area contributed by atoms with Gasteiger partial charge in [-0.2, -0.15) is 17.4 Å². The molecule has 0 saturated carbocycles. The van der Waals surface area contributed by atoms with Crippen LogP contribution in [0.25, 0.3) is 0 Å². The van der Waals surface area contributed by atoms with Crippen LogP contribution < -0.4 is 4.72 Å². The van der Waals surface area contributed by atoms with Gasteiger partial charge in [-0.15, -0.1) is 0 Å². The first kappa shape index (κ1) is 10.9. The van der Waals surface area contributed by atoms with E-state index < -0.39 is 10.2 Å². The monoisotopic (exact) mass is 206 g/mol. The van der Waals surface area contributed by atoms with E-state index >= 15 is 0 Å². The Hall–Kier alpha value is -0.130. The summed E-state index contributed by atoms with van der Waals surface area (Å²) in [6.07, 6.45) is 3.12. The predicted molar refractivity (Wildman–Crippen MR) is 52.6 cm³/mol. The maximum atomic E-state index is 11.6. The molecule has 1 aliphatic heterocycles. The van der Waals surface area contributed by atoms with E-state index in [0.717, 1.165) is 19.3 Å². The SMILES string of the molecule is CC(C)NS(=O)(=O)N1CCCCC1. The van der Waals surface area contributed by atoms with E-state index in [1.54, 1.807) is 0 Å². The Kier molecular flexibility index (Phi) is 3.70. The Labute approximate surface area is 80.5 Å². The highest BCUT2D eigenvalue weighted by Crippen LogP contribution is 2.11. The van der Waals surface area contributed by atoms with E-state index in [9.17, 15) is 8.42 Å². The number of hydrogen-bond donors (Lipinski definition) is 1. The van der Waals surface area contributed by atoms with E-state index in [1.807, 2.05) is 13.8 Å². The molecule has 1 fully saturated rings. The average molecular weight is 206 g/mol. The van der Waals surface area contributed by atoms with Crippen LogP contribution in [0.3, 0.4) is 0 Å². The van der Waals surface area contributed by atoms with Crippen molar-refractivity contribution in [1.29, 1.82) is 0 Å². The third kappa shape index (κ3) is 3.25. The summed E-state index contributed by atoms with van der Waals surface area (Å²) < 4.78 is 27.3. The van der Waals surface area contributed by atoms with Crippen molar-refractivity contribution < 1.29 is 8.42 Å². The van der Waals surface area contributed by atoms with Crippen molar-refractivity contribution in [2.45, 2.75) is 39.2 Å². The zero-order chi connectivity index (χ0) is 9.90. The van der Waals surface area contributed by atoms with E-state index in [-0.39, 0.29) is 6.04 Å². The molecule has 0 unspecified atom stereocenters. The van der Waals surface area contributed by atoms with E-state index in [1.165, 1.54) is 4.31 Å². The average Bonchev–Trinajstić information content (AvgIpc) is 2.04. The summed E-state index contributed by atoms with van der Waals surface area (Å²) in [6.45, 7) is 5.01. The molecule has 0 aliphatic carbocycles. The van der Waals surface area contributed by atoms with E-state index in [2.05, 4.69) is 4.72 Å². The second-order valence-corrected chi connectivity index (χ2v) is 5.44. The van der Waals surface area contributed by atoms with Gasteiger partial charge in [0.1, 0.15) is 0 Å². The second kappa shape index (κ2) is 4.39. The molecule has 0 aromatic carbocycles. The molecule has 1 saturated heterocycles. The summed E-state index contributed by atoms with van der Waals surface area (Å²) >= 11 is 0. The highest BCUT2D eigenvalue weighted by atomic mass is 32.2. The van der Waals surface area contributed by atoms with E-state index in [0.29, 0.717) is 13.1 Å². The smallest absolute Gasteiger partial charge is 0.200 e. The molecular formula is C8H18N2O2S. The molecule has 78 valence electrons. The van der Waals surface area contributed by atoms with Gasteiger partial charge < -0.3 is 0 Å². The molecular weight excluding hydrogens is 188 g/mol. The summed E-state index contributed by atoms with van der Waals surface area (Å²) in [7, 11) is -3.20. The molecule has 0 spiro atoms. The molecule has 0 amide bonds. The van der Waals surface area contributed by atoms with Gasteiger partial charge in [0.25, 0.3) is 10.2 Å². The van der Waals surface area contributed by atoms with Crippen molar-refractivity contribution >= 4 is 10.2 Å². The largest absolute Gasteiger partial charge is 0.279 e. The normalized spacial score (nSPS) is 20.8. The van der Waals surface area contributed by atoms with Crippen molar-refractivity contribution in [2.75, 3.05) is 13.1 Å². The fraction of sp³-hybridized carbons (Fsp3) is 1.00. The first-order valence-electron chi connectivity index (χ1n) is 4.80. The van der Waals surface area contributed by atoms with Crippen LogP contribution >= 0.6 is 0 Å². The van der Waals surface area contributed by atoms with Crippen molar-refractivity contribution in [3.63, 3.8) is 0 Å². The molecule has 0 radical (unpaired) electrons. The van der Waals surface area contributed by atoms with Crippen LogP contribution in [0.1, 0.15) is 33.1 Å². The van der Waals surface area contributed by atoms with Crippen molar-refractivity contribution in [2.24, 2.45) is 0 Å². The van der Waals surface area contributed by atoms with Gasteiger partial charge in [0, 0.05) is 19.1 Å². The topological polar surface area (TPSA) is 49.4 Å². The van der Waals surface area contributed by atoms with Gasteiger partial charge in [-0.3, -0.25) is 0 Å². The van der Waals surface area contributed by atoms with E-state index in [4.69, 9.17) is 0 Å². The zero-order valence-corrected chi connectivity index (χ0v) is 9.10. The van der Waals surface area contributed by atoms with Crippen molar-refractivity contribution in [3.05, 3.63) is 0 Å². The van der Waals surface area contributed by atoms with Crippen molar-refractivity contribution in [1.82, 2.24) is 9.03 Å². The van der Waals surface area contributed by atoms with Gasteiger partial charge in [0.05, 0.1) is 0 Å². The molecule has 1 aliphatic rings. The zero-order valence-electron chi connectivity index (χ0n) is 8.28. The van der Waals surface area contributed by atoms with Gasteiger partial charge in [-0.25, -0.2) is 0 Å². The lowest BCUT2D eigenvalue weighted by Gasteiger charge is -2.26. The maximum Gasteiger partial charge on any atom is 0.279 e. The summed E-state index contributed by atoms with van der Waals surface area (Å²) in [6, 6.07) is -0.0214. The highest BCUT2D eigenvalue weighted by Gasteiger charge is 2.23. The third-order valence-corrected chi connectivity index (χ3v) is 3.85. The molecule has 0 aromatic heterocycles. The van der Waals surface area contributed by atoms with Crippen molar-refractivity contribution in [3.8, 4) is 0 Å². The van der Waals surface area contributed by atoms with Crippen LogP contribution in [0.2, 0.25) is 0 Å². The molecule has 0 atom stereocenters. The lowest BCUT2D eigenvalue weighted by atomic mass is 10.2. The molecule has 1 heterocycles. The van der Waals surface area contributed by atoms with Crippen LogP contribution in [0.5, 0.6) is 0 Å². The maximum absolute atomic E-state index is 11.6. The highest BCUT2D eigenvalue weighted by molar-refractivity contribution is 7.87. The summed E-state index contributed by atoms with van der Waals surface area (Å²) in [5.74, 6) is 0. The van der Waals surface area contributed by atoms with Gasteiger partial charge >= 0.3 is 0 Å². The van der Waals surface area contributed by atoms with Crippen LogP contribution in [0.4, 0.5) is 0 Å². The third-order valence-electron chi connectivity index (χ3n) is 2.04. The molecule has 0 bridgehead atoms. The number of nitrogens with one attached hydrogen (secondary N) is 1. The molecule has 4 nitrogen and oxygen atoms in total. The van der Waals surface area contributed by atoms with Gasteiger partial charge in [0.15, 0.2) is 0 Å².